The second kappa shape index (κ2) is 11.1. The van der Waals surface area contributed by atoms with Gasteiger partial charge in [-0.25, -0.2) is 19.3 Å². The summed E-state index contributed by atoms with van der Waals surface area (Å²) in [7, 11) is 0. The number of aromatic nitrogens is 4. The van der Waals surface area contributed by atoms with E-state index in [1.54, 1.807) is 46.2 Å². The maximum absolute atomic E-state index is 13.8. The first-order valence-corrected chi connectivity index (χ1v) is 13.2. The minimum Gasteiger partial charge on any atom is -0.444 e. The van der Waals surface area contributed by atoms with Crippen LogP contribution in [0.25, 0.3) is 27.8 Å². The molecule has 0 aliphatic heterocycles. The van der Waals surface area contributed by atoms with Crippen molar-refractivity contribution in [2.75, 3.05) is 5.32 Å². The summed E-state index contributed by atoms with van der Waals surface area (Å²) in [5.74, 6) is 5.69. The first-order chi connectivity index (χ1) is 19.6. The van der Waals surface area contributed by atoms with Crippen molar-refractivity contribution < 1.29 is 14.3 Å². The smallest absolute Gasteiger partial charge is 0.413 e. The summed E-state index contributed by atoms with van der Waals surface area (Å²) in [4.78, 5) is 35.8. The molecule has 9 nitrogen and oxygen atoms in total. The van der Waals surface area contributed by atoms with E-state index in [0.717, 1.165) is 33.3 Å². The molecule has 0 unspecified atom stereocenters. The summed E-state index contributed by atoms with van der Waals surface area (Å²) in [5, 5.41) is 11.0. The summed E-state index contributed by atoms with van der Waals surface area (Å²) >= 11 is 0. The summed E-state index contributed by atoms with van der Waals surface area (Å²) in [6.45, 7) is 8.96. The Labute approximate surface area is 238 Å². The Bertz CT molecular complexity index is 1830. The molecule has 206 valence electrons. The van der Waals surface area contributed by atoms with Gasteiger partial charge in [-0.3, -0.25) is 10.1 Å². The largest absolute Gasteiger partial charge is 0.444 e. The number of fused-ring (bicyclic) bond motifs is 2. The third kappa shape index (κ3) is 5.87. The summed E-state index contributed by atoms with van der Waals surface area (Å²) in [6.07, 6.45) is 2.49. The molecular formula is C32H30N6O3. The molecule has 3 heterocycles. The van der Waals surface area contributed by atoms with Gasteiger partial charge in [-0.2, -0.15) is 0 Å². The molecule has 9 heteroatoms. The second-order valence-electron chi connectivity index (χ2n) is 10.5. The summed E-state index contributed by atoms with van der Waals surface area (Å²) < 4.78 is 6.83. The Morgan fingerprint density at radius 1 is 1.05 bits per heavy atom. The minimum atomic E-state index is -0.724. The molecule has 2 aromatic carbocycles. The molecule has 0 radical (unpaired) electrons. The number of ether oxygens (including phenoxy) is 1. The topological polar surface area (TPSA) is 111 Å². The lowest BCUT2D eigenvalue weighted by molar-refractivity contribution is 0.0635. The Kier molecular flexibility index (Phi) is 7.40. The Balaban J connectivity index is 1.55. The van der Waals surface area contributed by atoms with Gasteiger partial charge in [0, 0.05) is 28.9 Å². The molecular weight excluding hydrogens is 516 g/mol. The lowest BCUT2D eigenvalue weighted by Crippen LogP contribution is -2.30. The summed E-state index contributed by atoms with van der Waals surface area (Å²) in [5.41, 5.74) is 3.79. The van der Waals surface area contributed by atoms with Crippen molar-refractivity contribution >= 4 is 34.4 Å². The summed E-state index contributed by atoms with van der Waals surface area (Å²) in [6, 6.07) is 18.9. The molecule has 0 aliphatic rings. The van der Waals surface area contributed by atoms with Gasteiger partial charge in [0.15, 0.2) is 11.5 Å². The maximum atomic E-state index is 13.8. The monoisotopic (exact) mass is 546 g/mol. The second-order valence-corrected chi connectivity index (χ2v) is 10.5. The van der Waals surface area contributed by atoms with Gasteiger partial charge in [0.1, 0.15) is 11.2 Å². The quantitative estimate of drug-likeness (QED) is 0.256. The molecule has 0 saturated heterocycles. The maximum Gasteiger partial charge on any atom is 0.413 e. The molecule has 41 heavy (non-hydrogen) atoms. The third-order valence-corrected chi connectivity index (χ3v) is 6.24. The van der Waals surface area contributed by atoms with Gasteiger partial charge in [0.05, 0.1) is 22.8 Å². The van der Waals surface area contributed by atoms with Crippen LogP contribution in [0.15, 0.2) is 73.1 Å². The van der Waals surface area contributed by atoms with Crippen LogP contribution in [-0.2, 0) is 4.74 Å². The van der Waals surface area contributed by atoms with Crippen LogP contribution in [0.1, 0.15) is 62.1 Å². The molecule has 0 spiro atoms. The molecule has 5 rings (SSSR count). The SMILES string of the molecule is CC#Cc1cccc2cc([C@H](C)NC(=O)c3c(NC(=O)OC(C)(C)C)nn4cccnc34)c(-c3ccccc3)nc12. The van der Waals surface area contributed by atoms with E-state index in [4.69, 9.17) is 9.72 Å². The number of carbonyl (C=O) groups excluding carboxylic acids is 2. The molecule has 1 atom stereocenters. The average Bonchev–Trinajstić information content (AvgIpc) is 3.29. The number of nitrogens with zero attached hydrogens (tertiary/aromatic N) is 4. The highest BCUT2D eigenvalue weighted by molar-refractivity contribution is 6.07. The van der Waals surface area contributed by atoms with Crippen LogP contribution >= 0.6 is 0 Å². The van der Waals surface area contributed by atoms with Gasteiger partial charge in [-0.15, -0.1) is 11.0 Å². The number of amides is 2. The van der Waals surface area contributed by atoms with Crippen LogP contribution in [0, 0.1) is 11.8 Å². The normalized spacial score (nSPS) is 11.9. The van der Waals surface area contributed by atoms with Crippen molar-refractivity contribution in [1.29, 1.82) is 0 Å². The molecule has 2 amide bonds. The fraction of sp³-hybridized carbons (Fsp3) is 0.219. The molecule has 0 saturated carbocycles. The Hall–Kier alpha value is -5.23. The van der Waals surface area contributed by atoms with E-state index in [9.17, 15) is 9.59 Å². The lowest BCUT2D eigenvalue weighted by Gasteiger charge is -2.20. The fourth-order valence-corrected chi connectivity index (χ4v) is 4.54. The standard InChI is InChI=1S/C32H30N6O3/c1-6-12-21-15-10-16-23-19-24(27(35-26(21)23)22-13-8-7-9-14-22)20(2)34-30(39)25-28(36-31(40)41-32(3,4)5)37-38-18-11-17-33-29(25)38/h7-11,13-20H,1-5H3,(H,34,39)(H,36,37,40)/t20-/m0/s1. The number of nitrogens with one attached hydrogen (secondary N) is 2. The highest BCUT2D eigenvalue weighted by atomic mass is 16.6. The number of pyridine rings is 1. The number of rotatable bonds is 5. The van der Waals surface area contributed by atoms with Crippen molar-refractivity contribution in [2.45, 2.75) is 46.3 Å². The number of anilines is 1. The number of benzene rings is 2. The number of hydrogen-bond donors (Lipinski definition) is 2. The van der Waals surface area contributed by atoms with Crippen LogP contribution in [0.3, 0.4) is 0 Å². The lowest BCUT2D eigenvalue weighted by atomic mass is 9.97. The number of carbonyl (C=O) groups is 2. The van der Waals surface area contributed by atoms with Crippen molar-refractivity contribution in [3.63, 3.8) is 0 Å². The highest BCUT2D eigenvalue weighted by Gasteiger charge is 2.27. The van der Waals surface area contributed by atoms with Gasteiger partial charge in [0.2, 0.25) is 0 Å². The van der Waals surface area contributed by atoms with Gasteiger partial charge in [-0.05, 0) is 52.8 Å². The van der Waals surface area contributed by atoms with Gasteiger partial charge < -0.3 is 10.1 Å². The fourth-order valence-electron chi connectivity index (χ4n) is 4.54. The third-order valence-electron chi connectivity index (χ3n) is 6.24. The molecule has 3 aromatic heterocycles. The molecule has 0 fully saturated rings. The van der Waals surface area contributed by atoms with Crippen LogP contribution in [0.4, 0.5) is 10.6 Å². The van der Waals surface area contributed by atoms with Crippen molar-refractivity contribution in [2.24, 2.45) is 0 Å². The zero-order valence-corrected chi connectivity index (χ0v) is 23.5. The van der Waals surface area contributed by atoms with Crippen LogP contribution < -0.4 is 10.6 Å². The number of hydrogen-bond acceptors (Lipinski definition) is 6. The predicted molar refractivity (Wildman–Crippen MR) is 158 cm³/mol. The Morgan fingerprint density at radius 3 is 2.56 bits per heavy atom. The van der Waals surface area contributed by atoms with Crippen LogP contribution in [0.5, 0.6) is 0 Å². The van der Waals surface area contributed by atoms with Gasteiger partial charge >= 0.3 is 6.09 Å². The Morgan fingerprint density at radius 2 is 1.83 bits per heavy atom. The average molecular weight is 547 g/mol. The zero-order valence-electron chi connectivity index (χ0n) is 23.5. The zero-order chi connectivity index (χ0) is 29.1. The van der Waals surface area contributed by atoms with E-state index in [1.807, 2.05) is 61.5 Å². The minimum absolute atomic E-state index is 0.0466. The van der Waals surface area contributed by atoms with E-state index in [-0.39, 0.29) is 11.4 Å². The molecule has 0 aliphatic carbocycles. The highest BCUT2D eigenvalue weighted by Crippen LogP contribution is 2.32. The number of para-hydroxylation sites is 1. The molecule has 2 N–H and O–H groups in total. The van der Waals surface area contributed by atoms with E-state index in [2.05, 4.69) is 32.6 Å². The van der Waals surface area contributed by atoms with Crippen LogP contribution in [-0.4, -0.2) is 37.2 Å². The molecule has 5 aromatic rings. The van der Waals surface area contributed by atoms with Crippen molar-refractivity contribution in [3.8, 4) is 23.1 Å². The predicted octanol–water partition coefficient (Wildman–Crippen LogP) is 6.15. The van der Waals surface area contributed by atoms with E-state index < -0.39 is 23.6 Å². The first-order valence-electron chi connectivity index (χ1n) is 13.2. The molecule has 0 bridgehead atoms. The van der Waals surface area contributed by atoms with Gasteiger partial charge in [0.25, 0.3) is 5.91 Å². The van der Waals surface area contributed by atoms with Gasteiger partial charge in [-0.1, -0.05) is 48.4 Å². The van der Waals surface area contributed by atoms with Crippen molar-refractivity contribution in [1.82, 2.24) is 24.9 Å². The van der Waals surface area contributed by atoms with E-state index in [0.29, 0.717) is 5.65 Å². The van der Waals surface area contributed by atoms with E-state index in [1.165, 1.54) is 4.52 Å². The van der Waals surface area contributed by atoms with Crippen LogP contribution in [0.2, 0.25) is 0 Å². The van der Waals surface area contributed by atoms with Crippen molar-refractivity contribution in [3.05, 3.63) is 89.7 Å². The van der Waals surface area contributed by atoms with E-state index >= 15 is 0 Å². The first kappa shape index (κ1) is 27.3.